The van der Waals surface area contributed by atoms with Crippen molar-refractivity contribution in [3.63, 3.8) is 0 Å². The minimum absolute atomic E-state index is 0.704. The molecule has 0 aromatic heterocycles. The summed E-state index contributed by atoms with van der Waals surface area (Å²) in [7, 11) is 1.70. The molecule has 13 heavy (non-hydrogen) atoms. The Balaban J connectivity index is 3.05. The van der Waals surface area contributed by atoms with Gasteiger partial charge in [-0.3, -0.25) is 0 Å². The average molecular weight is 253 g/mol. The lowest BCUT2D eigenvalue weighted by molar-refractivity contribution is 0.0675. The van der Waals surface area contributed by atoms with Crippen LogP contribution in [0.25, 0.3) is 0 Å². The molecule has 0 rings (SSSR count). The Morgan fingerprint density at radius 2 is 2.00 bits per heavy atom. The van der Waals surface area contributed by atoms with E-state index in [0.29, 0.717) is 6.61 Å². The maximum Gasteiger partial charge on any atom is 0.0700 e. The Morgan fingerprint density at radius 3 is 2.54 bits per heavy atom. The molecule has 0 saturated heterocycles. The SMILES string of the molecule is CCC(CBr)CCCOCCOC. The second-order valence-corrected chi connectivity index (χ2v) is 3.82. The first-order chi connectivity index (χ1) is 6.35. The highest BCUT2D eigenvalue weighted by Gasteiger charge is 2.02. The molecule has 0 bridgehead atoms. The first-order valence-electron chi connectivity index (χ1n) is 4.97. The molecule has 0 saturated carbocycles. The molecule has 1 atom stereocenters. The van der Waals surface area contributed by atoms with Gasteiger partial charge in [-0.2, -0.15) is 0 Å². The Hall–Kier alpha value is 0.400. The van der Waals surface area contributed by atoms with Crippen LogP contribution in [0.1, 0.15) is 26.2 Å². The Bertz CT molecular complexity index is 94.9. The van der Waals surface area contributed by atoms with E-state index in [-0.39, 0.29) is 0 Å². The summed E-state index contributed by atoms with van der Waals surface area (Å²) in [5, 5.41) is 1.11. The summed E-state index contributed by atoms with van der Waals surface area (Å²) in [5.41, 5.74) is 0. The van der Waals surface area contributed by atoms with E-state index in [2.05, 4.69) is 22.9 Å². The van der Waals surface area contributed by atoms with Crippen molar-refractivity contribution in [3.05, 3.63) is 0 Å². The van der Waals surface area contributed by atoms with Crippen molar-refractivity contribution in [2.75, 3.05) is 32.3 Å². The van der Waals surface area contributed by atoms with Crippen molar-refractivity contribution in [1.82, 2.24) is 0 Å². The van der Waals surface area contributed by atoms with Crippen LogP contribution in [0.5, 0.6) is 0 Å². The standard InChI is InChI=1S/C10H21BrO2/c1-3-10(9-11)5-4-6-13-8-7-12-2/h10H,3-9H2,1-2H3. The molecule has 0 aromatic carbocycles. The van der Waals surface area contributed by atoms with Gasteiger partial charge in [0.25, 0.3) is 0 Å². The number of hydrogen-bond donors (Lipinski definition) is 0. The van der Waals surface area contributed by atoms with Crippen LogP contribution in [0.2, 0.25) is 0 Å². The summed E-state index contributed by atoms with van der Waals surface area (Å²) >= 11 is 3.51. The lowest BCUT2D eigenvalue weighted by Gasteiger charge is -2.10. The molecule has 2 nitrogen and oxygen atoms in total. The molecule has 0 heterocycles. The minimum Gasteiger partial charge on any atom is -0.382 e. The number of methoxy groups -OCH3 is 1. The molecule has 3 heteroatoms. The van der Waals surface area contributed by atoms with Gasteiger partial charge in [0.15, 0.2) is 0 Å². The topological polar surface area (TPSA) is 18.5 Å². The summed E-state index contributed by atoms with van der Waals surface area (Å²) in [6.07, 6.45) is 3.67. The van der Waals surface area contributed by atoms with Crippen molar-refractivity contribution in [2.45, 2.75) is 26.2 Å². The first-order valence-corrected chi connectivity index (χ1v) is 6.09. The number of rotatable bonds is 9. The zero-order chi connectivity index (χ0) is 9.94. The van der Waals surface area contributed by atoms with E-state index in [1.54, 1.807) is 7.11 Å². The van der Waals surface area contributed by atoms with Crippen molar-refractivity contribution < 1.29 is 9.47 Å². The Labute approximate surface area is 90.1 Å². The van der Waals surface area contributed by atoms with Crippen LogP contribution in [-0.4, -0.2) is 32.3 Å². The van der Waals surface area contributed by atoms with Crippen molar-refractivity contribution in [1.29, 1.82) is 0 Å². The van der Waals surface area contributed by atoms with Gasteiger partial charge in [-0.1, -0.05) is 29.3 Å². The normalized spacial score (nSPS) is 13.2. The summed E-state index contributed by atoms with van der Waals surface area (Å²) in [6, 6.07) is 0. The summed E-state index contributed by atoms with van der Waals surface area (Å²) in [6.45, 7) is 4.53. The van der Waals surface area contributed by atoms with Crippen molar-refractivity contribution in [3.8, 4) is 0 Å². The number of ether oxygens (including phenoxy) is 2. The molecule has 1 unspecified atom stereocenters. The molecule has 0 aliphatic carbocycles. The molecule has 0 aliphatic heterocycles. The van der Waals surface area contributed by atoms with Gasteiger partial charge in [-0.05, 0) is 18.8 Å². The zero-order valence-corrected chi connectivity index (χ0v) is 10.3. The summed E-state index contributed by atoms with van der Waals surface area (Å²) in [4.78, 5) is 0. The molecule has 0 aliphatic rings. The minimum atomic E-state index is 0.704. The van der Waals surface area contributed by atoms with Crippen molar-refractivity contribution >= 4 is 15.9 Å². The molecule has 0 radical (unpaired) electrons. The number of alkyl halides is 1. The quantitative estimate of drug-likeness (QED) is 0.464. The van der Waals surface area contributed by atoms with Crippen LogP contribution in [0.4, 0.5) is 0 Å². The van der Waals surface area contributed by atoms with Crippen LogP contribution in [0.15, 0.2) is 0 Å². The molecule has 0 N–H and O–H groups in total. The molecule has 0 aromatic rings. The van der Waals surface area contributed by atoms with Crippen LogP contribution in [0.3, 0.4) is 0 Å². The third-order valence-corrected chi connectivity index (χ3v) is 3.04. The lowest BCUT2D eigenvalue weighted by atomic mass is 10.0. The first kappa shape index (κ1) is 13.4. The van der Waals surface area contributed by atoms with E-state index in [9.17, 15) is 0 Å². The van der Waals surface area contributed by atoms with Gasteiger partial charge in [0.2, 0.25) is 0 Å². The highest BCUT2D eigenvalue weighted by molar-refractivity contribution is 9.09. The van der Waals surface area contributed by atoms with Gasteiger partial charge < -0.3 is 9.47 Å². The number of hydrogen-bond acceptors (Lipinski definition) is 2. The highest BCUT2D eigenvalue weighted by Crippen LogP contribution is 2.13. The maximum absolute atomic E-state index is 5.37. The lowest BCUT2D eigenvalue weighted by Crippen LogP contribution is -2.06. The molecule has 80 valence electrons. The third kappa shape index (κ3) is 8.72. The van der Waals surface area contributed by atoms with Crippen LogP contribution < -0.4 is 0 Å². The third-order valence-electron chi connectivity index (χ3n) is 2.13. The Kier molecular flexibility index (Phi) is 10.8. The second-order valence-electron chi connectivity index (χ2n) is 3.18. The summed E-state index contributed by atoms with van der Waals surface area (Å²) in [5.74, 6) is 0.811. The Morgan fingerprint density at radius 1 is 1.23 bits per heavy atom. The molecule has 0 spiro atoms. The van der Waals surface area contributed by atoms with Gasteiger partial charge in [-0.25, -0.2) is 0 Å². The monoisotopic (exact) mass is 252 g/mol. The van der Waals surface area contributed by atoms with Crippen molar-refractivity contribution in [2.24, 2.45) is 5.92 Å². The van der Waals surface area contributed by atoms with E-state index >= 15 is 0 Å². The van der Waals surface area contributed by atoms with E-state index in [0.717, 1.165) is 30.9 Å². The van der Waals surface area contributed by atoms with E-state index in [4.69, 9.17) is 9.47 Å². The number of halogens is 1. The van der Waals surface area contributed by atoms with Crippen LogP contribution in [0, 0.1) is 5.92 Å². The largest absolute Gasteiger partial charge is 0.382 e. The second kappa shape index (κ2) is 10.5. The fourth-order valence-electron chi connectivity index (χ4n) is 1.11. The van der Waals surface area contributed by atoms with Gasteiger partial charge in [0, 0.05) is 19.0 Å². The van der Waals surface area contributed by atoms with Crippen LogP contribution >= 0.6 is 15.9 Å². The molecular weight excluding hydrogens is 232 g/mol. The average Bonchev–Trinajstić information content (AvgIpc) is 2.17. The van der Waals surface area contributed by atoms with E-state index < -0.39 is 0 Å². The molecular formula is C10H21BrO2. The van der Waals surface area contributed by atoms with Gasteiger partial charge in [0.05, 0.1) is 13.2 Å². The molecule has 0 fully saturated rings. The van der Waals surface area contributed by atoms with Gasteiger partial charge in [0.1, 0.15) is 0 Å². The van der Waals surface area contributed by atoms with E-state index in [1.165, 1.54) is 12.8 Å². The predicted molar refractivity (Wildman–Crippen MR) is 59.5 cm³/mol. The smallest absolute Gasteiger partial charge is 0.0700 e. The predicted octanol–water partition coefficient (Wildman–Crippen LogP) is 2.85. The fourth-order valence-corrected chi connectivity index (χ4v) is 1.89. The fraction of sp³-hybridized carbons (Fsp3) is 1.00. The van der Waals surface area contributed by atoms with Crippen LogP contribution in [-0.2, 0) is 9.47 Å². The summed E-state index contributed by atoms with van der Waals surface area (Å²) < 4.78 is 10.3. The maximum atomic E-state index is 5.37. The highest BCUT2D eigenvalue weighted by atomic mass is 79.9. The molecule has 0 amide bonds. The van der Waals surface area contributed by atoms with Gasteiger partial charge in [-0.15, -0.1) is 0 Å². The van der Waals surface area contributed by atoms with E-state index in [1.807, 2.05) is 0 Å². The van der Waals surface area contributed by atoms with Gasteiger partial charge >= 0.3 is 0 Å². The zero-order valence-electron chi connectivity index (χ0n) is 8.72.